The van der Waals surface area contributed by atoms with Crippen LogP contribution >= 0.6 is 11.3 Å². The molecule has 0 saturated heterocycles. The second-order valence-corrected chi connectivity index (χ2v) is 5.22. The lowest BCUT2D eigenvalue weighted by atomic mass is 10.3. The summed E-state index contributed by atoms with van der Waals surface area (Å²) in [6.07, 6.45) is 3.24. The molecule has 0 radical (unpaired) electrons. The van der Waals surface area contributed by atoms with Crippen molar-refractivity contribution in [1.82, 2.24) is 25.3 Å². The lowest BCUT2D eigenvalue weighted by Gasteiger charge is -2.04. The Hall–Kier alpha value is -2.48. The van der Waals surface area contributed by atoms with E-state index in [4.69, 9.17) is 5.73 Å². The number of thiophene rings is 1. The molecule has 1 amide bonds. The Morgan fingerprint density at radius 1 is 1.45 bits per heavy atom. The molecule has 0 aliphatic heterocycles. The van der Waals surface area contributed by atoms with Crippen LogP contribution in [-0.4, -0.2) is 25.9 Å². The van der Waals surface area contributed by atoms with Crippen molar-refractivity contribution in [2.75, 3.05) is 5.73 Å². The molecule has 20 heavy (non-hydrogen) atoms. The highest BCUT2D eigenvalue weighted by atomic mass is 32.1. The fourth-order valence-corrected chi connectivity index (χ4v) is 2.82. The molecule has 3 heterocycles. The zero-order chi connectivity index (χ0) is 14.1. The van der Waals surface area contributed by atoms with Gasteiger partial charge in [0.15, 0.2) is 0 Å². The lowest BCUT2D eigenvalue weighted by Crippen LogP contribution is -2.23. The average Bonchev–Trinajstić information content (AvgIpc) is 3.01. The lowest BCUT2D eigenvalue weighted by molar-refractivity contribution is 0.0955. The van der Waals surface area contributed by atoms with Gasteiger partial charge in [-0.3, -0.25) is 9.48 Å². The first-order chi connectivity index (χ1) is 9.66. The molecule has 3 N–H and O–H groups in total. The molecule has 0 fully saturated rings. The van der Waals surface area contributed by atoms with Crippen LogP contribution in [0.4, 0.5) is 5.69 Å². The highest BCUT2D eigenvalue weighted by molar-refractivity contribution is 7.21. The molecule has 0 aliphatic carbocycles. The maximum Gasteiger partial charge on any atom is 0.263 e. The Bertz CT molecular complexity index is 777. The summed E-state index contributed by atoms with van der Waals surface area (Å²) in [5.74, 6) is -0.216. The van der Waals surface area contributed by atoms with Gasteiger partial charge in [-0.1, -0.05) is 0 Å². The molecule has 7 nitrogen and oxygen atoms in total. The number of nitrogen functional groups attached to an aromatic ring is 1. The SMILES string of the molecule is Cn1nccc1CNC(=O)c1sc2nnccc2c1N. The molecule has 3 aromatic heterocycles. The number of nitrogens with two attached hydrogens (primary N) is 1. The van der Waals surface area contributed by atoms with E-state index in [1.54, 1.807) is 23.1 Å². The van der Waals surface area contributed by atoms with Crippen LogP contribution in [0.1, 0.15) is 15.4 Å². The minimum Gasteiger partial charge on any atom is -0.397 e. The summed E-state index contributed by atoms with van der Waals surface area (Å²) in [4.78, 5) is 13.3. The van der Waals surface area contributed by atoms with Gasteiger partial charge in [-0.15, -0.1) is 16.4 Å². The highest BCUT2D eigenvalue weighted by Gasteiger charge is 2.17. The van der Waals surface area contributed by atoms with E-state index >= 15 is 0 Å². The van der Waals surface area contributed by atoms with Crippen molar-refractivity contribution in [3.63, 3.8) is 0 Å². The molecule has 0 atom stereocenters. The minimum absolute atomic E-state index is 0.216. The van der Waals surface area contributed by atoms with E-state index in [1.165, 1.54) is 11.3 Å². The summed E-state index contributed by atoms with van der Waals surface area (Å²) in [6.45, 7) is 0.398. The van der Waals surface area contributed by atoms with Crippen molar-refractivity contribution in [3.8, 4) is 0 Å². The minimum atomic E-state index is -0.216. The highest BCUT2D eigenvalue weighted by Crippen LogP contribution is 2.31. The molecular weight excluding hydrogens is 276 g/mol. The number of nitrogens with one attached hydrogen (secondary N) is 1. The summed E-state index contributed by atoms with van der Waals surface area (Å²) in [5, 5.41) is 15.4. The molecular formula is C12H12N6OS. The van der Waals surface area contributed by atoms with Gasteiger partial charge in [0.1, 0.15) is 9.71 Å². The molecule has 3 rings (SSSR count). The first kappa shape index (κ1) is 12.5. The number of rotatable bonds is 3. The van der Waals surface area contributed by atoms with Crippen LogP contribution in [-0.2, 0) is 13.6 Å². The standard InChI is InChI=1S/C12H12N6OS/c1-18-7(2-5-16-18)6-14-11(19)10-9(13)8-3-4-15-17-12(8)20-10/h2-5H,6,13H2,1H3,(H,14,19). The number of nitrogens with zero attached hydrogens (tertiary/aromatic N) is 4. The molecule has 0 saturated carbocycles. The van der Waals surface area contributed by atoms with Crippen molar-refractivity contribution in [2.24, 2.45) is 7.05 Å². The van der Waals surface area contributed by atoms with Gasteiger partial charge in [0.25, 0.3) is 5.91 Å². The summed E-state index contributed by atoms with van der Waals surface area (Å²) in [7, 11) is 1.82. The number of aryl methyl sites for hydroxylation is 1. The maximum atomic E-state index is 12.2. The molecule has 0 aromatic carbocycles. The van der Waals surface area contributed by atoms with Gasteiger partial charge in [0, 0.05) is 18.6 Å². The third kappa shape index (κ3) is 2.10. The van der Waals surface area contributed by atoms with E-state index in [-0.39, 0.29) is 5.91 Å². The zero-order valence-electron chi connectivity index (χ0n) is 10.7. The van der Waals surface area contributed by atoms with E-state index in [0.717, 1.165) is 11.1 Å². The molecule has 3 aromatic rings. The Balaban J connectivity index is 1.82. The summed E-state index contributed by atoms with van der Waals surface area (Å²) >= 11 is 1.24. The number of amides is 1. The predicted octanol–water partition coefficient (Wildman–Crippen LogP) is 0.937. The van der Waals surface area contributed by atoms with Gasteiger partial charge < -0.3 is 11.1 Å². The summed E-state index contributed by atoms with van der Waals surface area (Å²) in [5.41, 5.74) is 7.34. The molecule has 8 heteroatoms. The number of fused-ring (bicyclic) bond motifs is 1. The van der Waals surface area contributed by atoms with Crippen LogP contribution in [0.2, 0.25) is 0 Å². The number of carbonyl (C=O) groups excluding carboxylic acids is 1. The number of aromatic nitrogens is 4. The van der Waals surface area contributed by atoms with Gasteiger partial charge in [-0.05, 0) is 12.1 Å². The molecule has 102 valence electrons. The molecule has 0 spiro atoms. The van der Waals surface area contributed by atoms with Crippen molar-refractivity contribution in [2.45, 2.75) is 6.54 Å². The molecule has 0 unspecified atom stereocenters. The van der Waals surface area contributed by atoms with E-state index < -0.39 is 0 Å². The Labute approximate surface area is 118 Å². The number of hydrogen-bond acceptors (Lipinski definition) is 6. The van der Waals surface area contributed by atoms with Gasteiger partial charge in [-0.2, -0.15) is 10.2 Å². The van der Waals surface area contributed by atoms with Crippen molar-refractivity contribution < 1.29 is 4.79 Å². The number of carbonyl (C=O) groups is 1. The molecule has 0 aliphatic rings. The Morgan fingerprint density at radius 3 is 3.00 bits per heavy atom. The third-order valence-corrected chi connectivity index (χ3v) is 4.08. The van der Waals surface area contributed by atoms with E-state index in [9.17, 15) is 4.79 Å². The van der Waals surface area contributed by atoms with Crippen LogP contribution in [0.15, 0.2) is 24.5 Å². The van der Waals surface area contributed by atoms with E-state index in [2.05, 4.69) is 20.6 Å². The average molecular weight is 288 g/mol. The predicted molar refractivity (Wildman–Crippen MR) is 76.2 cm³/mol. The largest absolute Gasteiger partial charge is 0.397 e. The first-order valence-corrected chi connectivity index (χ1v) is 6.73. The van der Waals surface area contributed by atoms with E-state index in [1.807, 2.05) is 13.1 Å². The smallest absolute Gasteiger partial charge is 0.263 e. The maximum absolute atomic E-state index is 12.2. The van der Waals surface area contributed by atoms with E-state index in [0.29, 0.717) is 21.9 Å². The van der Waals surface area contributed by atoms with Crippen LogP contribution < -0.4 is 11.1 Å². The molecule has 0 bridgehead atoms. The fraction of sp³-hybridized carbons (Fsp3) is 0.167. The van der Waals surface area contributed by atoms with Gasteiger partial charge in [0.2, 0.25) is 0 Å². The Kier molecular flexibility index (Phi) is 3.07. The summed E-state index contributed by atoms with van der Waals surface area (Å²) in [6, 6.07) is 3.60. The van der Waals surface area contributed by atoms with Crippen LogP contribution in [0, 0.1) is 0 Å². The number of anilines is 1. The second-order valence-electron chi connectivity index (χ2n) is 4.22. The summed E-state index contributed by atoms with van der Waals surface area (Å²) < 4.78 is 1.71. The van der Waals surface area contributed by atoms with Crippen molar-refractivity contribution >= 4 is 33.1 Å². The van der Waals surface area contributed by atoms with Gasteiger partial charge in [0.05, 0.1) is 24.1 Å². The van der Waals surface area contributed by atoms with Crippen molar-refractivity contribution in [1.29, 1.82) is 0 Å². The van der Waals surface area contributed by atoms with Crippen LogP contribution in [0.3, 0.4) is 0 Å². The van der Waals surface area contributed by atoms with Crippen LogP contribution in [0.5, 0.6) is 0 Å². The zero-order valence-corrected chi connectivity index (χ0v) is 11.5. The quantitative estimate of drug-likeness (QED) is 0.747. The fourth-order valence-electron chi connectivity index (χ4n) is 1.87. The Morgan fingerprint density at radius 2 is 2.30 bits per heavy atom. The first-order valence-electron chi connectivity index (χ1n) is 5.91. The third-order valence-electron chi connectivity index (χ3n) is 2.98. The second kappa shape index (κ2) is 4.89. The van der Waals surface area contributed by atoms with Crippen molar-refractivity contribution in [3.05, 3.63) is 35.1 Å². The monoisotopic (exact) mass is 288 g/mol. The van der Waals surface area contributed by atoms with Gasteiger partial charge in [-0.25, -0.2) is 0 Å². The number of hydrogen-bond donors (Lipinski definition) is 2. The normalized spacial score (nSPS) is 10.8. The topological polar surface area (TPSA) is 98.7 Å². The van der Waals surface area contributed by atoms with Crippen LogP contribution in [0.25, 0.3) is 10.2 Å². The van der Waals surface area contributed by atoms with Gasteiger partial charge >= 0.3 is 0 Å².